The molecule has 0 heterocycles. The van der Waals surface area contributed by atoms with Crippen molar-refractivity contribution >= 4 is 5.57 Å². The van der Waals surface area contributed by atoms with Gasteiger partial charge < -0.3 is 0 Å². The van der Waals surface area contributed by atoms with E-state index < -0.39 is 0 Å². The van der Waals surface area contributed by atoms with Crippen molar-refractivity contribution in [2.45, 2.75) is 92.9 Å². The molecule has 3 aliphatic rings. The van der Waals surface area contributed by atoms with E-state index in [9.17, 15) is 0 Å². The van der Waals surface area contributed by atoms with Gasteiger partial charge in [0.15, 0.2) is 0 Å². The summed E-state index contributed by atoms with van der Waals surface area (Å²) in [7, 11) is 0. The SMILES string of the molecule is C=C(CCC)C1=C(C)C=C2CC(=CC3=CC=C(c4cc(C)c(C)c(C)c4)C3)C(=C)C2C1c1cc(CC)ccc1CC. The first kappa shape index (κ1) is 29.1. The van der Waals surface area contributed by atoms with Crippen molar-refractivity contribution in [3.63, 3.8) is 0 Å². The number of fused-ring (bicyclic) bond motifs is 1. The van der Waals surface area contributed by atoms with E-state index in [1.54, 1.807) is 0 Å². The fourth-order valence-electron chi connectivity index (χ4n) is 7.37. The lowest BCUT2D eigenvalue weighted by Gasteiger charge is -2.36. The Kier molecular flexibility index (Phi) is 8.42. The fourth-order valence-corrected chi connectivity index (χ4v) is 7.37. The molecule has 0 heteroatoms. The van der Waals surface area contributed by atoms with E-state index in [1.165, 1.54) is 83.5 Å². The second-order valence-electron chi connectivity index (χ2n) is 12.6. The first-order valence-electron chi connectivity index (χ1n) is 15.7. The molecule has 0 N–H and O–H groups in total. The molecule has 0 aliphatic heterocycles. The van der Waals surface area contributed by atoms with Crippen LogP contribution in [0.25, 0.3) is 5.57 Å². The van der Waals surface area contributed by atoms with Gasteiger partial charge in [0.05, 0.1) is 0 Å². The third kappa shape index (κ3) is 5.46. The van der Waals surface area contributed by atoms with Crippen molar-refractivity contribution in [3.8, 4) is 0 Å². The van der Waals surface area contributed by atoms with Crippen LogP contribution in [-0.4, -0.2) is 0 Å². The molecule has 5 rings (SSSR count). The number of rotatable bonds is 8. The Labute approximate surface area is 249 Å². The van der Waals surface area contributed by atoms with Crippen LogP contribution < -0.4 is 0 Å². The summed E-state index contributed by atoms with van der Waals surface area (Å²) in [6.07, 6.45) is 15.8. The van der Waals surface area contributed by atoms with Gasteiger partial charge in [0.2, 0.25) is 0 Å². The summed E-state index contributed by atoms with van der Waals surface area (Å²) in [6, 6.07) is 11.9. The third-order valence-electron chi connectivity index (χ3n) is 9.87. The smallest absolute Gasteiger partial charge is 0.0203 e. The summed E-state index contributed by atoms with van der Waals surface area (Å²) in [4.78, 5) is 0. The van der Waals surface area contributed by atoms with Crippen molar-refractivity contribution in [1.82, 2.24) is 0 Å². The van der Waals surface area contributed by atoms with Gasteiger partial charge in [-0.1, -0.05) is 106 Å². The molecule has 0 amide bonds. The highest BCUT2D eigenvalue weighted by molar-refractivity contribution is 5.75. The molecule has 3 aliphatic carbocycles. The zero-order valence-electron chi connectivity index (χ0n) is 26.5. The molecule has 1 fully saturated rings. The molecular weight excluding hydrogens is 492 g/mol. The van der Waals surface area contributed by atoms with E-state index >= 15 is 0 Å². The van der Waals surface area contributed by atoms with E-state index in [0.717, 1.165) is 38.5 Å². The van der Waals surface area contributed by atoms with Gasteiger partial charge in [-0.15, -0.1) is 0 Å². The fraction of sp³-hybridized carbons (Fsp3) is 0.366. The molecule has 2 unspecified atom stereocenters. The number of hydrogen-bond acceptors (Lipinski definition) is 0. The predicted molar refractivity (Wildman–Crippen MR) is 179 cm³/mol. The van der Waals surface area contributed by atoms with Crippen molar-refractivity contribution in [1.29, 1.82) is 0 Å². The molecule has 0 radical (unpaired) electrons. The maximum Gasteiger partial charge on any atom is 0.0203 e. The summed E-state index contributed by atoms with van der Waals surface area (Å²) in [5, 5.41) is 0. The average Bonchev–Trinajstić information content (AvgIpc) is 3.54. The number of benzene rings is 2. The summed E-state index contributed by atoms with van der Waals surface area (Å²) in [5.41, 5.74) is 21.1. The largest absolute Gasteiger partial charge is 0.0955 e. The van der Waals surface area contributed by atoms with Crippen LogP contribution in [0.3, 0.4) is 0 Å². The van der Waals surface area contributed by atoms with Crippen molar-refractivity contribution in [2.24, 2.45) is 5.92 Å². The summed E-state index contributed by atoms with van der Waals surface area (Å²) >= 11 is 0. The first-order valence-corrected chi connectivity index (χ1v) is 15.7. The summed E-state index contributed by atoms with van der Waals surface area (Å²) < 4.78 is 0. The molecule has 41 heavy (non-hydrogen) atoms. The molecule has 0 spiro atoms. The lowest BCUT2D eigenvalue weighted by molar-refractivity contribution is 0.613. The Bertz CT molecular complexity index is 1550. The van der Waals surface area contributed by atoms with E-state index in [0.29, 0.717) is 11.8 Å². The van der Waals surface area contributed by atoms with Crippen LogP contribution in [0.2, 0.25) is 0 Å². The molecule has 2 aromatic carbocycles. The number of aryl methyl sites for hydroxylation is 4. The van der Waals surface area contributed by atoms with Crippen LogP contribution in [0.5, 0.6) is 0 Å². The molecule has 0 aromatic heterocycles. The third-order valence-corrected chi connectivity index (χ3v) is 9.87. The zero-order valence-corrected chi connectivity index (χ0v) is 26.5. The number of allylic oxidation sites excluding steroid dienone is 12. The van der Waals surface area contributed by atoms with Crippen LogP contribution in [0.1, 0.15) is 98.2 Å². The second kappa shape index (κ2) is 11.8. The second-order valence-corrected chi connectivity index (χ2v) is 12.6. The van der Waals surface area contributed by atoms with Gasteiger partial charge in [-0.3, -0.25) is 0 Å². The van der Waals surface area contributed by atoms with Crippen LogP contribution in [0, 0.1) is 26.7 Å². The Morgan fingerprint density at radius 1 is 0.902 bits per heavy atom. The molecule has 1 saturated carbocycles. The van der Waals surface area contributed by atoms with Crippen LogP contribution in [0.15, 0.2) is 107 Å². The van der Waals surface area contributed by atoms with Crippen LogP contribution in [0.4, 0.5) is 0 Å². The minimum absolute atomic E-state index is 0.290. The highest BCUT2D eigenvalue weighted by Gasteiger charge is 2.41. The zero-order chi connectivity index (χ0) is 29.4. The molecule has 212 valence electrons. The standard InChI is InChI=1S/C41H48/c1-10-13-25(4)39-28(7)20-37-24-35(22-32-15-17-34(21-32)36-18-26(5)29(8)27(6)19-36)30(9)40(37)41(39)38-23-31(11-2)14-16-33(38)12-3/h14-20,22-23,40-41H,4,9-13,21,24H2,1-3,5-8H3. The maximum absolute atomic E-state index is 4.81. The quantitative estimate of drug-likeness (QED) is 0.312. The predicted octanol–water partition coefficient (Wildman–Crippen LogP) is 11.3. The first-order chi connectivity index (χ1) is 19.7. The maximum atomic E-state index is 4.81. The lowest BCUT2D eigenvalue weighted by Crippen LogP contribution is -2.22. The Hall–Kier alpha value is -3.38. The van der Waals surface area contributed by atoms with Gasteiger partial charge >= 0.3 is 0 Å². The normalized spacial score (nSPS) is 21.3. The average molecular weight is 541 g/mol. The van der Waals surface area contributed by atoms with Crippen LogP contribution in [-0.2, 0) is 12.8 Å². The molecule has 0 nitrogen and oxygen atoms in total. The number of hydrogen-bond donors (Lipinski definition) is 0. The molecule has 2 atom stereocenters. The van der Waals surface area contributed by atoms with Gasteiger partial charge in [0.1, 0.15) is 0 Å². The van der Waals surface area contributed by atoms with Crippen molar-refractivity contribution < 1.29 is 0 Å². The molecular formula is C41H48. The molecule has 0 saturated heterocycles. The Morgan fingerprint density at radius 2 is 1.63 bits per heavy atom. The van der Waals surface area contributed by atoms with Crippen molar-refractivity contribution in [2.75, 3.05) is 0 Å². The Balaban J connectivity index is 1.50. The molecule has 0 bridgehead atoms. The highest BCUT2D eigenvalue weighted by atomic mass is 14.4. The van der Waals surface area contributed by atoms with Crippen LogP contribution >= 0.6 is 0 Å². The van der Waals surface area contributed by atoms with Gasteiger partial charge in [0, 0.05) is 11.8 Å². The Morgan fingerprint density at radius 3 is 2.29 bits per heavy atom. The van der Waals surface area contributed by atoms with E-state index in [2.05, 4.69) is 110 Å². The van der Waals surface area contributed by atoms with E-state index in [4.69, 9.17) is 6.58 Å². The monoisotopic (exact) mass is 540 g/mol. The minimum atomic E-state index is 0.290. The van der Waals surface area contributed by atoms with Gasteiger partial charge in [-0.05, 0) is 132 Å². The van der Waals surface area contributed by atoms with Crippen molar-refractivity contribution in [3.05, 3.63) is 146 Å². The minimum Gasteiger partial charge on any atom is -0.0955 e. The van der Waals surface area contributed by atoms with Gasteiger partial charge in [-0.25, -0.2) is 0 Å². The van der Waals surface area contributed by atoms with E-state index in [1.807, 2.05) is 0 Å². The summed E-state index contributed by atoms with van der Waals surface area (Å²) in [5.74, 6) is 0.599. The van der Waals surface area contributed by atoms with Gasteiger partial charge in [0.25, 0.3) is 0 Å². The van der Waals surface area contributed by atoms with Gasteiger partial charge in [-0.2, -0.15) is 0 Å². The lowest BCUT2D eigenvalue weighted by atomic mass is 9.68. The van der Waals surface area contributed by atoms with E-state index in [-0.39, 0.29) is 0 Å². The highest BCUT2D eigenvalue weighted by Crippen LogP contribution is 2.55. The topological polar surface area (TPSA) is 0 Å². The molecule has 2 aromatic rings. The summed E-state index contributed by atoms with van der Waals surface area (Å²) in [6.45, 7) is 25.3.